The summed E-state index contributed by atoms with van der Waals surface area (Å²) in [6, 6.07) is 0. The molecular formula is C14H26N2. The van der Waals surface area contributed by atoms with Crippen LogP contribution < -0.4 is 0 Å². The molecule has 0 unspecified atom stereocenters. The van der Waals surface area contributed by atoms with Crippen LogP contribution in [0.25, 0.3) is 0 Å². The third-order valence-electron chi connectivity index (χ3n) is 5.18. The Labute approximate surface area is 100.0 Å². The van der Waals surface area contributed by atoms with Crippen molar-refractivity contribution < 1.29 is 0 Å². The molecule has 2 aliphatic heterocycles. The Hall–Kier alpha value is -0.0800. The molecule has 0 bridgehead atoms. The van der Waals surface area contributed by atoms with Crippen LogP contribution >= 0.6 is 0 Å². The summed E-state index contributed by atoms with van der Waals surface area (Å²) in [4.78, 5) is 5.24. The van der Waals surface area contributed by atoms with E-state index < -0.39 is 0 Å². The Morgan fingerprint density at radius 2 is 1.50 bits per heavy atom. The molecule has 2 saturated heterocycles. The van der Waals surface area contributed by atoms with E-state index in [-0.39, 0.29) is 0 Å². The Morgan fingerprint density at radius 3 is 2.06 bits per heavy atom. The molecule has 16 heavy (non-hydrogen) atoms. The van der Waals surface area contributed by atoms with Gasteiger partial charge in [0.05, 0.1) is 0 Å². The molecule has 0 aromatic heterocycles. The molecule has 1 spiro atoms. The second-order valence-electron chi connectivity index (χ2n) is 6.55. The van der Waals surface area contributed by atoms with Gasteiger partial charge < -0.3 is 9.80 Å². The van der Waals surface area contributed by atoms with Crippen LogP contribution in [0.2, 0.25) is 0 Å². The molecule has 0 N–H and O–H groups in total. The SMILES string of the molecule is CN1CCC2(CC1)CCN(CC1CC1)CC2. The lowest BCUT2D eigenvalue weighted by molar-refractivity contribution is 0.0413. The minimum absolute atomic E-state index is 0.743. The van der Waals surface area contributed by atoms with Crippen molar-refractivity contribution in [1.82, 2.24) is 9.80 Å². The minimum atomic E-state index is 0.743. The van der Waals surface area contributed by atoms with Crippen molar-refractivity contribution in [3.05, 3.63) is 0 Å². The first-order valence-corrected chi connectivity index (χ1v) is 7.17. The van der Waals surface area contributed by atoms with Gasteiger partial charge >= 0.3 is 0 Å². The molecule has 1 aliphatic carbocycles. The summed E-state index contributed by atoms with van der Waals surface area (Å²) in [6.07, 6.45) is 8.89. The van der Waals surface area contributed by atoms with Gasteiger partial charge in [0.2, 0.25) is 0 Å². The zero-order valence-corrected chi connectivity index (χ0v) is 10.7. The average Bonchev–Trinajstić information content (AvgIpc) is 3.10. The van der Waals surface area contributed by atoms with Crippen LogP contribution in [-0.4, -0.2) is 49.6 Å². The van der Waals surface area contributed by atoms with Gasteiger partial charge in [-0.3, -0.25) is 0 Å². The van der Waals surface area contributed by atoms with E-state index in [1.54, 1.807) is 0 Å². The smallest absolute Gasteiger partial charge is 0.000967 e. The topological polar surface area (TPSA) is 6.48 Å². The highest BCUT2D eigenvalue weighted by molar-refractivity contribution is 4.91. The van der Waals surface area contributed by atoms with Crippen molar-refractivity contribution in [2.75, 3.05) is 39.8 Å². The lowest BCUT2D eigenvalue weighted by Gasteiger charge is -2.46. The summed E-state index contributed by atoms with van der Waals surface area (Å²) < 4.78 is 0. The molecular weight excluding hydrogens is 196 g/mol. The summed E-state index contributed by atoms with van der Waals surface area (Å²) in [5, 5.41) is 0. The Bertz CT molecular complexity index is 229. The quantitative estimate of drug-likeness (QED) is 0.707. The number of nitrogens with zero attached hydrogens (tertiary/aromatic N) is 2. The number of piperidine rings is 2. The molecule has 2 heterocycles. The van der Waals surface area contributed by atoms with Crippen LogP contribution in [0.15, 0.2) is 0 Å². The maximum Gasteiger partial charge on any atom is 0.000967 e. The summed E-state index contributed by atoms with van der Waals surface area (Å²) in [5.74, 6) is 1.08. The van der Waals surface area contributed by atoms with E-state index in [9.17, 15) is 0 Å². The predicted molar refractivity (Wildman–Crippen MR) is 67.6 cm³/mol. The second-order valence-corrected chi connectivity index (χ2v) is 6.55. The summed E-state index contributed by atoms with van der Waals surface area (Å²) in [7, 11) is 2.27. The highest BCUT2D eigenvalue weighted by Crippen LogP contribution is 2.41. The molecule has 1 saturated carbocycles. The highest BCUT2D eigenvalue weighted by Gasteiger charge is 2.37. The molecule has 0 radical (unpaired) electrons. The fraction of sp³-hybridized carbons (Fsp3) is 1.00. The maximum atomic E-state index is 2.74. The average molecular weight is 222 g/mol. The zero-order valence-electron chi connectivity index (χ0n) is 10.7. The monoisotopic (exact) mass is 222 g/mol. The molecule has 2 heteroatoms. The molecule has 0 aromatic carbocycles. The van der Waals surface area contributed by atoms with Gasteiger partial charge in [-0.15, -0.1) is 0 Å². The summed E-state index contributed by atoms with van der Waals surface area (Å²) in [6.45, 7) is 6.86. The molecule has 0 atom stereocenters. The molecule has 0 amide bonds. The first-order chi connectivity index (χ1) is 7.76. The lowest BCUT2D eigenvalue weighted by Crippen LogP contribution is -2.46. The number of likely N-dealkylation sites (tertiary alicyclic amines) is 2. The maximum absolute atomic E-state index is 2.74. The van der Waals surface area contributed by atoms with E-state index in [0.29, 0.717) is 0 Å². The van der Waals surface area contributed by atoms with Gasteiger partial charge in [0.1, 0.15) is 0 Å². The first kappa shape index (κ1) is 11.0. The van der Waals surface area contributed by atoms with Gasteiger partial charge in [0, 0.05) is 6.54 Å². The van der Waals surface area contributed by atoms with Gasteiger partial charge in [-0.1, -0.05) is 0 Å². The third kappa shape index (κ3) is 2.43. The van der Waals surface area contributed by atoms with E-state index >= 15 is 0 Å². The fourth-order valence-corrected chi connectivity index (χ4v) is 3.47. The van der Waals surface area contributed by atoms with Crippen molar-refractivity contribution in [3.63, 3.8) is 0 Å². The van der Waals surface area contributed by atoms with Crippen molar-refractivity contribution in [2.24, 2.45) is 11.3 Å². The van der Waals surface area contributed by atoms with Gasteiger partial charge in [0.15, 0.2) is 0 Å². The summed E-state index contributed by atoms with van der Waals surface area (Å²) in [5.41, 5.74) is 0.743. The van der Waals surface area contributed by atoms with Crippen LogP contribution in [0.3, 0.4) is 0 Å². The van der Waals surface area contributed by atoms with Crippen molar-refractivity contribution in [1.29, 1.82) is 0 Å². The molecule has 0 aromatic rings. The predicted octanol–water partition coefficient (Wildman–Crippen LogP) is 2.20. The largest absolute Gasteiger partial charge is 0.306 e. The van der Waals surface area contributed by atoms with Gasteiger partial charge in [-0.25, -0.2) is 0 Å². The van der Waals surface area contributed by atoms with E-state index in [0.717, 1.165) is 11.3 Å². The molecule has 92 valence electrons. The lowest BCUT2D eigenvalue weighted by atomic mass is 9.71. The Kier molecular flexibility index (Phi) is 2.97. The zero-order chi connectivity index (χ0) is 11.0. The Morgan fingerprint density at radius 1 is 0.938 bits per heavy atom. The van der Waals surface area contributed by atoms with Crippen LogP contribution in [0.5, 0.6) is 0 Å². The van der Waals surface area contributed by atoms with Crippen molar-refractivity contribution in [2.45, 2.75) is 38.5 Å². The van der Waals surface area contributed by atoms with Gasteiger partial charge in [-0.2, -0.15) is 0 Å². The van der Waals surface area contributed by atoms with Gasteiger partial charge in [0.25, 0.3) is 0 Å². The van der Waals surface area contributed by atoms with E-state index in [2.05, 4.69) is 16.8 Å². The molecule has 2 nitrogen and oxygen atoms in total. The second kappa shape index (κ2) is 4.30. The highest BCUT2D eigenvalue weighted by atomic mass is 15.1. The van der Waals surface area contributed by atoms with Crippen LogP contribution in [-0.2, 0) is 0 Å². The van der Waals surface area contributed by atoms with Crippen LogP contribution in [0.4, 0.5) is 0 Å². The van der Waals surface area contributed by atoms with Gasteiger partial charge in [-0.05, 0) is 83.1 Å². The minimum Gasteiger partial charge on any atom is -0.306 e. The van der Waals surface area contributed by atoms with Crippen LogP contribution in [0, 0.1) is 11.3 Å². The van der Waals surface area contributed by atoms with Crippen LogP contribution in [0.1, 0.15) is 38.5 Å². The molecule has 3 fully saturated rings. The van der Waals surface area contributed by atoms with Crippen molar-refractivity contribution >= 4 is 0 Å². The molecule has 3 aliphatic rings. The number of hydrogen-bond donors (Lipinski definition) is 0. The van der Waals surface area contributed by atoms with E-state index in [4.69, 9.17) is 0 Å². The normalized spacial score (nSPS) is 32.1. The standard InChI is InChI=1S/C14H26N2/c1-15-8-4-14(5-9-15)6-10-16(11-7-14)12-13-2-3-13/h13H,2-12H2,1H3. The third-order valence-corrected chi connectivity index (χ3v) is 5.18. The van der Waals surface area contributed by atoms with Crippen molar-refractivity contribution in [3.8, 4) is 0 Å². The Balaban J connectivity index is 1.49. The molecule has 3 rings (SSSR count). The van der Waals surface area contributed by atoms with E-state index in [1.807, 2.05) is 0 Å². The first-order valence-electron chi connectivity index (χ1n) is 7.17. The number of hydrogen-bond acceptors (Lipinski definition) is 2. The van der Waals surface area contributed by atoms with E-state index in [1.165, 1.54) is 71.2 Å². The summed E-state index contributed by atoms with van der Waals surface area (Å²) >= 11 is 0. The number of rotatable bonds is 2. The fourth-order valence-electron chi connectivity index (χ4n) is 3.47.